The van der Waals surface area contributed by atoms with E-state index in [1.165, 1.54) is 25.7 Å². The van der Waals surface area contributed by atoms with Gasteiger partial charge in [0.15, 0.2) is 5.65 Å². The molecule has 0 aromatic carbocycles. The fourth-order valence-corrected chi connectivity index (χ4v) is 4.23. The summed E-state index contributed by atoms with van der Waals surface area (Å²) in [6.07, 6.45) is 9.15. The molecule has 1 saturated carbocycles. The highest BCUT2D eigenvalue weighted by molar-refractivity contribution is 7.99. The quantitative estimate of drug-likeness (QED) is 0.801. The van der Waals surface area contributed by atoms with E-state index in [2.05, 4.69) is 20.8 Å². The van der Waals surface area contributed by atoms with E-state index in [4.69, 9.17) is 11.6 Å². The Morgan fingerprint density at radius 2 is 2.26 bits per heavy atom. The van der Waals surface area contributed by atoms with Crippen LogP contribution >= 0.6 is 23.4 Å². The number of aromatic nitrogens is 3. The van der Waals surface area contributed by atoms with Gasteiger partial charge in [-0.1, -0.05) is 12.8 Å². The van der Waals surface area contributed by atoms with Crippen molar-refractivity contribution in [3.63, 3.8) is 0 Å². The smallest absolute Gasteiger partial charge is 0.160 e. The molecule has 102 valence electrons. The Kier molecular flexibility index (Phi) is 3.99. The molecule has 19 heavy (non-hydrogen) atoms. The second-order valence-electron chi connectivity index (χ2n) is 5.00. The van der Waals surface area contributed by atoms with Gasteiger partial charge in [0.2, 0.25) is 0 Å². The van der Waals surface area contributed by atoms with Crippen LogP contribution in [0.5, 0.6) is 0 Å². The van der Waals surface area contributed by atoms with Gasteiger partial charge in [-0.05, 0) is 31.2 Å². The van der Waals surface area contributed by atoms with Crippen molar-refractivity contribution < 1.29 is 0 Å². The molecule has 0 bridgehead atoms. The minimum atomic E-state index is 0.452. The number of hydrogen-bond acceptors (Lipinski definition) is 3. The average Bonchev–Trinajstić information content (AvgIpc) is 2.85. The normalized spacial score (nSPS) is 23.9. The summed E-state index contributed by atoms with van der Waals surface area (Å²) >= 11 is 8.06. The average molecular weight is 296 g/mol. The van der Waals surface area contributed by atoms with E-state index < -0.39 is 0 Å². The van der Waals surface area contributed by atoms with Gasteiger partial charge in [0.05, 0.1) is 5.88 Å². The summed E-state index contributed by atoms with van der Waals surface area (Å²) in [7, 11) is 0. The Labute approximate surface area is 122 Å². The third-order valence-corrected chi connectivity index (χ3v) is 5.34. The number of hydrogen-bond donors (Lipinski definition) is 0. The summed E-state index contributed by atoms with van der Waals surface area (Å²) in [5, 5.41) is 0.648. The van der Waals surface area contributed by atoms with E-state index in [-0.39, 0.29) is 0 Å². The van der Waals surface area contributed by atoms with Crippen LogP contribution in [0.15, 0.2) is 18.3 Å². The lowest BCUT2D eigenvalue weighted by atomic mass is 9.94. The van der Waals surface area contributed by atoms with Crippen molar-refractivity contribution in [2.75, 3.05) is 6.26 Å². The molecule has 3 nitrogen and oxygen atoms in total. The molecular weight excluding hydrogens is 278 g/mol. The minimum Gasteiger partial charge on any atom is -0.307 e. The van der Waals surface area contributed by atoms with Gasteiger partial charge in [-0.15, -0.1) is 11.6 Å². The lowest BCUT2D eigenvalue weighted by Crippen LogP contribution is -2.26. The maximum Gasteiger partial charge on any atom is 0.160 e. The Hall–Kier alpha value is -0.740. The molecule has 2 aromatic heterocycles. The number of rotatable bonds is 3. The molecule has 0 N–H and O–H groups in total. The Balaban J connectivity index is 2.11. The third kappa shape index (κ3) is 2.36. The highest BCUT2D eigenvalue weighted by Gasteiger charge is 2.29. The van der Waals surface area contributed by atoms with Crippen LogP contribution < -0.4 is 0 Å². The van der Waals surface area contributed by atoms with Crippen molar-refractivity contribution in [2.45, 2.75) is 42.9 Å². The Bertz CT molecular complexity index is 569. The summed E-state index contributed by atoms with van der Waals surface area (Å²) in [6, 6.07) is 4.44. The molecule has 0 spiro atoms. The zero-order valence-corrected chi connectivity index (χ0v) is 12.6. The minimum absolute atomic E-state index is 0.452. The molecule has 0 amide bonds. The second kappa shape index (κ2) is 5.71. The standard InChI is InChI=1S/C14H18ClN3S/c1-19-12-7-3-2-6-11(12)18-13(9-15)17-10-5-4-8-16-14(10)18/h4-5,8,11-12H,2-3,6-7,9H2,1H3. The molecule has 1 aliphatic rings. The van der Waals surface area contributed by atoms with Crippen molar-refractivity contribution in [2.24, 2.45) is 0 Å². The first kappa shape index (κ1) is 13.3. The Morgan fingerprint density at radius 3 is 3.05 bits per heavy atom. The van der Waals surface area contributed by atoms with Gasteiger partial charge in [0.25, 0.3) is 0 Å². The van der Waals surface area contributed by atoms with Crippen LogP contribution in [0.3, 0.4) is 0 Å². The number of imidazole rings is 1. The molecule has 0 saturated heterocycles. The molecule has 3 rings (SSSR count). The van der Waals surface area contributed by atoms with Crippen molar-refractivity contribution in [3.8, 4) is 0 Å². The van der Waals surface area contributed by atoms with Gasteiger partial charge < -0.3 is 4.57 Å². The summed E-state index contributed by atoms with van der Waals surface area (Å²) in [4.78, 5) is 9.16. The van der Waals surface area contributed by atoms with Crippen LogP contribution in [0.4, 0.5) is 0 Å². The predicted octanol–water partition coefficient (Wildman–Crippen LogP) is 4.02. The third-order valence-electron chi connectivity index (χ3n) is 3.94. The summed E-state index contributed by atoms with van der Waals surface area (Å²) < 4.78 is 2.29. The number of alkyl halides is 1. The van der Waals surface area contributed by atoms with E-state index in [0.29, 0.717) is 17.2 Å². The number of nitrogens with zero attached hydrogens (tertiary/aromatic N) is 3. The molecule has 5 heteroatoms. The number of pyridine rings is 1. The zero-order chi connectivity index (χ0) is 13.2. The van der Waals surface area contributed by atoms with Crippen molar-refractivity contribution in [1.82, 2.24) is 14.5 Å². The number of fused-ring (bicyclic) bond motifs is 1. The van der Waals surface area contributed by atoms with E-state index in [1.807, 2.05) is 30.1 Å². The van der Waals surface area contributed by atoms with Crippen LogP contribution in [0.25, 0.3) is 11.2 Å². The van der Waals surface area contributed by atoms with Gasteiger partial charge >= 0.3 is 0 Å². The molecule has 0 radical (unpaired) electrons. The molecular formula is C14H18ClN3S. The fourth-order valence-electron chi connectivity index (χ4n) is 3.07. The van der Waals surface area contributed by atoms with Gasteiger partial charge in [-0.25, -0.2) is 9.97 Å². The van der Waals surface area contributed by atoms with Crippen LogP contribution in [-0.2, 0) is 5.88 Å². The van der Waals surface area contributed by atoms with E-state index >= 15 is 0 Å². The molecule has 2 unspecified atom stereocenters. The molecule has 1 aliphatic carbocycles. The molecule has 2 aromatic rings. The van der Waals surface area contributed by atoms with E-state index in [1.54, 1.807) is 0 Å². The molecule has 0 aliphatic heterocycles. The van der Waals surface area contributed by atoms with Crippen LogP contribution in [0, 0.1) is 0 Å². The fraction of sp³-hybridized carbons (Fsp3) is 0.571. The highest BCUT2D eigenvalue weighted by atomic mass is 35.5. The zero-order valence-electron chi connectivity index (χ0n) is 11.1. The highest BCUT2D eigenvalue weighted by Crippen LogP contribution is 2.38. The molecule has 2 heterocycles. The number of halogens is 1. The van der Waals surface area contributed by atoms with Crippen molar-refractivity contribution in [3.05, 3.63) is 24.2 Å². The molecule has 2 atom stereocenters. The maximum absolute atomic E-state index is 6.10. The molecule has 1 fully saturated rings. The monoisotopic (exact) mass is 295 g/mol. The van der Waals surface area contributed by atoms with Gasteiger partial charge in [-0.3, -0.25) is 0 Å². The SMILES string of the molecule is CSC1CCCCC1n1c(CCl)nc2cccnc21. The lowest BCUT2D eigenvalue weighted by Gasteiger charge is -2.32. The summed E-state index contributed by atoms with van der Waals surface area (Å²) in [5.74, 6) is 1.41. The largest absolute Gasteiger partial charge is 0.307 e. The lowest BCUT2D eigenvalue weighted by molar-refractivity contribution is 0.364. The van der Waals surface area contributed by atoms with E-state index in [0.717, 1.165) is 17.0 Å². The topological polar surface area (TPSA) is 30.7 Å². The summed E-state index contributed by atoms with van der Waals surface area (Å²) in [6.45, 7) is 0. The Morgan fingerprint density at radius 1 is 1.42 bits per heavy atom. The number of thioether (sulfide) groups is 1. The predicted molar refractivity (Wildman–Crippen MR) is 81.9 cm³/mol. The van der Waals surface area contributed by atoms with Gasteiger partial charge in [-0.2, -0.15) is 11.8 Å². The van der Waals surface area contributed by atoms with Crippen molar-refractivity contribution in [1.29, 1.82) is 0 Å². The van der Waals surface area contributed by atoms with Crippen LogP contribution in [-0.4, -0.2) is 26.0 Å². The maximum atomic E-state index is 6.10. The van der Waals surface area contributed by atoms with Gasteiger partial charge in [0.1, 0.15) is 11.3 Å². The van der Waals surface area contributed by atoms with E-state index in [9.17, 15) is 0 Å². The van der Waals surface area contributed by atoms with Crippen LogP contribution in [0.1, 0.15) is 37.5 Å². The van der Waals surface area contributed by atoms with Crippen LogP contribution in [0.2, 0.25) is 0 Å². The first-order valence-electron chi connectivity index (χ1n) is 6.75. The van der Waals surface area contributed by atoms with Gasteiger partial charge in [0, 0.05) is 17.5 Å². The van der Waals surface area contributed by atoms with Crippen molar-refractivity contribution >= 4 is 34.5 Å². The first-order chi connectivity index (χ1) is 9.35. The first-order valence-corrected chi connectivity index (χ1v) is 8.58. The second-order valence-corrected chi connectivity index (χ2v) is 6.35. The summed E-state index contributed by atoms with van der Waals surface area (Å²) in [5.41, 5.74) is 1.95.